The quantitative estimate of drug-likeness (QED) is 0.585. The van der Waals surface area contributed by atoms with Crippen LogP contribution in [0.3, 0.4) is 0 Å². The van der Waals surface area contributed by atoms with E-state index in [0.29, 0.717) is 15.6 Å². The van der Waals surface area contributed by atoms with E-state index in [-0.39, 0.29) is 10.6 Å². The molecule has 6 heteroatoms. The minimum Gasteiger partial charge on any atom is -0.408 e. The van der Waals surface area contributed by atoms with E-state index in [1.165, 1.54) is 4.57 Å². The molecule has 0 amide bonds. The molecule has 0 aliphatic carbocycles. The van der Waals surface area contributed by atoms with Crippen LogP contribution in [0.5, 0.6) is 0 Å². The number of nitrogens with zero attached hydrogens (tertiary/aromatic N) is 1. The summed E-state index contributed by atoms with van der Waals surface area (Å²) in [5.41, 5.74) is 3.26. The molecule has 108 valence electrons. The zero-order valence-corrected chi connectivity index (χ0v) is 14.0. The van der Waals surface area contributed by atoms with E-state index < -0.39 is 0 Å². The van der Waals surface area contributed by atoms with Gasteiger partial charge in [0.2, 0.25) is 0 Å². The number of oxazole rings is 1. The molecule has 1 unspecified atom stereocenters. The highest BCUT2D eigenvalue weighted by Gasteiger charge is 2.14. The first kappa shape index (κ1) is 14.7. The van der Waals surface area contributed by atoms with Gasteiger partial charge in [-0.3, -0.25) is 4.57 Å². The van der Waals surface area contributed by atoms with Crippen LogP contribution in [0, 0.1) is 0 Å². The van der Waals surface area contributed by atoms with Gasteiger partial charge in [0.1, 0.15) is 0 Å². The minimum absolute atomic E-state index is 0.0674. The zero-order chi connectivity index (χ0) is 15.1. The van der Waals surface area contributed by atoms with Crippen LogP contribution in [0.25, 0.3) is 11.1 Å². The summed E-state index contributed by atoms with van der Waals surface area (Å²) in [6.07, 6.45) is 0. The number of hydrogen-bond acceptors (Lipinski definition) is 2. The van der Waals surface area contributed by atoms with Gasteiger partial charge in [-0.25, -0.2) is 4.79 Å². The van der Waals surface area contributed by atoms with Crippen LogP contribution in [-0.4, -0.2) is 4.57 Å². The Kier molecular flexibility index (Phi) is 3.86. The van der Waals surface area contributed by atoms with Crippen LogP contribution < -0.4 is 5.76 Å². The number of rotatable bonds is 2. The molecular formula is C15H10BrCl2NO2. The minimum atomic E-state index is -0.372. The smallest absolute Gasteiger partial charge is 0.408 e. The number of benzene rings is 2. The molecule has 3 nitrogen and oxygen atoms in total. The monoisotopic (exact) mass is 385 g/mol. The lowest BCUT2D eigenvalue weighted by molar-refractivity contribution is 0.528. The Morgan fingerprint density at radius 1 is 1.10 bits per heavy atom. The second-order valence-electron chi connectivity index (χ2n) is 4.69. The maximum Gasteiger partial charge on any atom is 0.419 e. The summed E-state index contributed by atoms with van der Waals surface area (Å²) in [4.78, 5) is 11.5. The molecule has 0 fully saturated rings. The molecule has 3 rings (SSSR count). The summed E-state index contributed by atoms with van der Waals surface area (Å²) < 4.78 is 6.68. The lowest BCUT2D eigenvalue weighted by Crippen LogP contribution is -2.08. The molecule has 2 aromatic carbocycles. The molecule has 0 radical (unpaired) electrons. The Labute approximate surface area is 139 Å². The van der Waals surface area contributed by atoms with E-state index in [0.717, 1.165) is 16.6 Å². The fourth-order valence-electron chi connectivity index (χ4n) is 2.17. The van der Waals surface area contributed by atoms with E-state index in [9.17, 15) is 4.79 Å². The first-order valence-electron chi connectivity index (χ1n) is 6.16. The third-order valence-corrected chi connectivity index (χ3v) is 5.14. The summed E-state index contributed by atoms with van der Waals surface area (Å²) >= 11 is 15.6. The van der Waals surface area contributed by atoms with Crippen LogP contribution in [0.4, 0.5) is 0 Å². The van der Waals surface area contributed by atoms with E-state index in [2.05, 4.69) is 15.9 Å². The second kappa shape index (κ2) is 5.52. The van der Waals surface area contributed by atoms with Crippen LogP contribution in [0.1, 0.15) is 16.0 Å². The van der Waals surface area contributed by atoms with E-state index in [4.69, 9.17) is 27.6 Å². The van der Waals surface area contributed by atoms with E-state index in [1.54, 1.807) is 13.1 Å². The fraction of sp³-hybridized carbons (Fsp3) is 0.133. The Bertz CT molecular complexity index is 885. The summed E-state index contributed by atoms with van der Waals surface area (Å²) in [5, 5.41) is 1.02. The molecule has 0 saturated carbocycles. The molecule has 3 aromatic rings. The SMILES string of the molecule is Cn1c(=O)oc2cc(C(Br)c3ccc(Cl)c(Cl)c3)ccc21. The maximum atomic E-state index is 11.5. The van der Waals surface area contributed by atoms with Gasteiger partial charge in [0.05, 0.1) is 20.4 Å². The van der Waals surface area contributed by atoms with Crippen molar-refractivity contribution in [3.05, 3.63) is 68.1 Å². The largest absolute Gasteiger partial charge is 0.419 e. The van der Waals surface area contributed by atoms with Crippen molar-refractivity contribution in [3.63, 3.8) is 0 Å². The van der Waals surface area contributed by atoms with Gasteiger partial charge in [-0.05, 0) is 35.4 Å². The predicted molar refractivity (Wildman–Crippen MR) is 88.7 cm³/mol. The van der Waals surface area contributed by atoms with Gasteiger partial charge in [-0.1, -0.05) is 51.3 Å². The van der Waals surface area contributed by atoms with Crippen molar-refractivity contribution in [2.24, 2.45) is 7.05 Å². The van der Waals surface area contributed by atoms with Gasteiger partial charge in [0, 0.05) is 7.05 Å². The summed E-state index contributed by atoms with van der Waals surface area (Å²) in [5.74, 6) is -0.372. The standard InChI is InChI=1S/C15H10BrCl2NO2/c1-19-12-5-3-9(7-13(12)21-15(19)20)14(16)8-2-4-10(17)11(18)6-8/h2-7,14H,1H3. The molecule has 1 aromatic heterocycles. The predicted octanol–water partition coefficient (Wildman–Crippen LogP) is 4.92. The fourth-order valence-corrected chi connectivity index (χ4v) is 3.05. The van der Waals surface area contributed by atoms with Crippen molar-refractivity contribution in [2.45, 2.75) is 4.83 Å². The second-order valence-corrected chi connectivity index (χ2v) is 6.42. The Morgan fingerprint density at radius 2 is 1.76 bits per heavy atom. The lowest BCUT2D eigenvalue weighted by Gasteiger charge is -2.11. The van der Waals surface area contributed by atoms with Crippen LogP contribution >= 0.6 is 39.1 Å². The molecule has 0 spiro atoms. The molecule has 1 heterocycles. The zero-order valence-electron chi connectivity index (χ0n) is 10.9. The van der Waals surface area contributed by atoms with Gasteiger partial charge in [-0.2, -0.15) is 0 Å². The average Bonchev–Trinajstić information content (AvgIpc) is 2.76. The third-order valence-electron chi connectivity index (χ3n) is 3.35. The number of aromatic nitrogens is 1. The summed E-state index contributed by atoms with van der Waals surface area (Å²) in [7, 11) is 1.68. The van der Waals surface area contributed by atoms with Crippen LogP contribution in [0.2, 0.25) is 10.0 Å². The Hall–Kier alpha value is -1.23. The van der Waals surface area contributed by atoms with Crippen molar-refractivity contribution in [1.29, 1.82) is 0 Å². The highest BCUT2D eigenvalue weighted by Crippen LogP contribution is 2.35. The number of alkyl halides is 1. The van der Waals surface area contributed by atoms with Crippen molar-refractivity contribution < 1.29 is 4.42 Å². The number of aryl methyl sites for hydroxylation is 1. The Morgan fingerprint density at radius 3 is 2.48 bits per heavy atom. The van der Waals surface area contributed by atoms with Crippen LogP contribution in [-0.2, 0) is 7.05 Å². The summed E-state index contributed by atoms with van der Waals surface area (Å²) in [6, 6.07) is 11.1. The van der Waals surface area contributed by atoms with Crippen LogP contribution in [0.15, 0.2) is 45.6 Å². The van der Waals surface area contributed by atoms with Gasteiger partial charge in [-0.15, -0.1) is 0 Å². The topological polar surface area (TPSA) is 35.1 Å². The molecule has 0 aliphatic heterocycles. The highest BCUT2D eigenvalue weighted by atomic mass is 79.9. The molecule has 0 bridgehead atoms. The van der Waals surface area contributed by atoms with Gasteiger partial charge < -0.3 is 4.42 Å². The molecule has 0 saturated heterocycles. The van der Waals surface area contributed by atoms with Crippen molar-refractivity contribution in [2.75, 3.05) is 0 Å². The molecule has 21 heavy (non-hydrogen) atoms. The first-order valence-corrected chi connectivity index (χ1v) is 7.83. The number of halogens is 3. The van der Waals surface area contributed by atoms with Gasteiger partial charge in [0.25, 0.3) is 0 Å². The molecule has 0 aliphatic rings. The number of hydrogen-bond donors (Lipinski definition) is 0. The molecular weight excluding hydrogens is 377 g/mol. The number of fused-ring (bicyclic) bond motifs is 1. The first-order chi connectivity index (χ1) is 9.97. The van der Waals surface area contributed by atoms with Crippen molar-refractivity contribution in [1.82, 2.24) is 4.57 Å². The van der Waals surface area contributed by atoms with E-state index >= 15 is 0 Å². The normalized spacial score (nSPS) is 12.8. The van der Waals surface area contributed by atoms with Gasteiger partial charge >= 0.3 is 5.76 Å². The lowest BCUT2D eigenvalue weighted by atomic mass is 10.0. The third kappa shape index (κ3) is 2.63. The average molecular weight is 387 g/mol. The Balaban J connectivity index is 2.06. The molecule has 0 N–H and O–H groups in total. The maximum absolute atomic E-state index is 11.5. The van der Waals surface area contributed by atoms with E-state index in [1.807, 2.05) is 30.3 Å². The van der Waals surface area contributed by atoms with Gasteiger partial charge in [0.15, 0.2) is 5.58 Å². The van der Waals surface area contributed by atoms with Crippen molar-refractivity contribution >= 4 is 50.2 Å². The highest BCUT2D eigenvalue weighted by molar-refractivity contribution is 9.09. The summed E-state index contributed by atoms with van der Waals surface area (Å²) in [6.45, 7) is 0. The van der Waals surface area contributed by atoms with Crippen molar-refractivity contribution in [3.8, 4) is 0 Å². The molecule has 1 atom stereocenters.